The number of hydrogen-bond acceptors (Lipinski definition) is 9. The molecule has 2 aromatic rings. The summed E-state index contributed by atoms with van der Waals surface area (Å²) < 4.78 is 0.997. The average Bonchev–Trinajstić information content (AvgIpc) is 2.47. The van der Waals surface area contributed by atoms with Crippen molar-refractivity contribution < 1.29 is 9.59 Å². The molecule has 0 aliphatic carbocycles. The molecule has 2 amide bonds. The Morgan fingerprint density at radius 2 is 1.80 bits per heavy atom. The third-order valence-electron chi connectivity index (χ3n) is 4.28. The molecular formula is C14H18N8O3. The Labute approximate surface area is 141 Å². The number of nitrogens with one attached hydrogen (secondary N) is 1. The second kappa shape index (κ2) is 5.24. The highest BCUT2D eigenvalue weighted by Crippen LogP contribution is 2.26. The van der Waals surface area contributed by atoms with Gasteiger partial charge in [-0.3, -0.25) is 24.3 Å². The summed E-state index contributed by atoms with van der Waals surface area (Å²) >= 11 is 0. The molecule has 1 saturated heterocycles. The van der Waals surface area contributed by atoms with Gasteiger partial charge in [-0.1, -0.05) is 0 Å². The van der Waals surface area contributed by atoms with Crippen molar-refractivity contribution in [3.63, 3.8) is 0 Å². The van der Waals surface area contributed by atoms with Crippen molar-refractivity contribution in [2.45, 2.75) is 24.7 Å². The van der Waals surface area contributed by atoms with E-state index in [9.17, 15) is 14.4 Å². The number of aryl methyl sites for hydroxylation is 1. The third kappa shape index (κ3) is 2.33. The monoisotopic (exact) mass is 346 g/mol. The van der Waals surface area contributed by atoms with Gasteiger partial charge < -0.3 is 28.7 Å². The summed E-state index contributed by atoms with van der Waals surface area (Å²) in [7, 11) is 0. The van der Waals surface area contributed by atoms with Crippen molar-refractivity contribution in [3.8, 4) is 0 Å². The first-order chi connectivity index (χ1) is 11.6. The summed E-state index contributed by atoms with van der Waals surface area (Å²) in [5.41, 5.74) is 27.3. The van der Waals surface area contributed by atoms with E-state index in [1.165, 1.54) is 19.1 Å². The molecule has 1 aliphatic heterocycles. The van der Waals surface area contributed by atoms with Crippen LogP contribution < -0.4 is 39.5 Å². The Kier molecular flexibility index (Phi) is 3.53. The number of rotatable bonds is 1. The number of piperidine rings is 1. The van der Waals surface area contributed by atoms with Crippen LogP contribution in [-0.2, 0) is 9.59 Å². The van der Waals surface area contributed by atoms with Crippen LogP contribution in [0.4, 0.5) is 11.4 Å². The highest BCUT2D eigenvalue weighted by atomic mass is 16.2. The lowest BCUT2D eigenvalue weighted by Gasteiger charge is -2.41. The molecule has 11 N–H and O–H groups in total. The van der Waals surface area contributed by atoms with Crippen LogP contribution in [0.3, 0.4) is 0 Å². The van der Waals surface area contributed by atoms with Crippen molar-refractivity contribution in [1.29, 1.82) is 0 Å². The van der Waals surface area contributed by atoms with E-state index in [0.717, 1.165) is 4.57 Å². The van der Waals surface area contributed by atoms with Gasteiger partial charge in [-0.05, 0) is 19.1 Å². The molecule has 11 nitrogen and oxygen atoms in total. The van der Waals surface area contributed by atoms with Gasteiger partial charge in [0.1, 0.15) is 17.5 Å². The van der Waals surface area contributed by atoms with Gasteiger partial charge in [-0.2, -0.15) is 0 Å². The number of carbonyl (C=O) groups excluding carboxylic acids is 2. The number of imide groups is 1. The molecule has 2 heterocycles. The minimum atomic E-state index is -1.99. The van der Waals surface area contributed by atoms with Crippen molar-refractivity contribution in [2.75, 3.05) is 11.5 Å². The zero-order valence-corrected chi connectivity index (χ0v) is 13.3. The average molecular weight is 346 g/mol. The van der Waals surface area contributed by atoms with Crippen LogP contribution >= 0.6 is 0 Å². The van der Waals surface area contributed by atoms with Crippen LogP contribution in [0.5, 0.6) is 0 Å². The number of amides is 2. The van der Waals surface area contributed by atoms with Crippen molar-refractivity contribution in [2.24, 2.45) is 17.2 Å². The normalized spacial score (nSPS) is 22.9. The minimum Gasteiger partial charge on any atom is -0.399 e. The molecule has 11 heteroatoms. The predicted molar refractivity (Wildman–Crippen MR) is 90.8 cm³/mol. The summed E-state index contributed by atoms with van der Waals surface area (Å²) in [6.45, 7) is 1.49. The first kappa shape index (κ1) is 16.8. The SMILES string of the molecule is Cc1nc2cc(N)cc(N)c2c(=O)n1C1C(=O)NC(=O)C(N)C1(N)N. The second-order valence-corrected chi connectivity index (χ2v) is 6.07. The van der Waals surface area contributed by atoms with Crippen LogP contribution in [0.1, 0.15) is 11.9 Å². The Bertz CT molecular complexity index is 980. The molecular weight excluding hydrogens is 328 g/mol. The van der Waals surface area contributed by atoms with E-state index in [4.69, 9.17) is 28.7 Å². The summed E-state index contributed by atoms with van der Waals surface area (Å²) in [5, 5.41) is 2.12. The van der Waals surface area contributed by atoms with Gasteiger partial charge in [0, 0.05) is 11.4 Å². The van der Waals surface area contributed by atoms with Crippen molar-refractivity contribution >= 4 is 34.1 Å². The van der Waals surface area contributed by atoms with Crippen LogP contribution in [0, 0.1) is 6.92 Å². The molecule has 1 aromatic heterocycles. The van der Waals surface area contributed by atoms with Crippen LogP contribution in [0.15, 0.2) is 16.9 Å². The highest BCUT2D eigenvalue weighted by Gasteiger charge is 2.51. The lowest BCUT2D eigenvalue weighted by Crippen LogP contribution is -2.77. The number of benzene rings is 1. The van der Waals surface area contributed by atoms with E-state index in [-0.39, 0.29) is 22.4 Å². The van der Waals surface area contributed by atoms with Gasteiger partial charge in [0.15, 0.2) is 6.04 Å². The van der Waals surface area contributed by atoms with Gasteiger partial charge in [-0.15, -0.1) is 0 Å². The van der Waals surface area contributed by atoms with E-state index in [1.54, 1.807) is 0 Å². The summed E-state index contributed by atoms with van der Waals surface area (Å²) in [5.74, 6) is -1.53. The van der Waals surface area contributed by atoms with Gasteiger partial charge in [0.05, 0.1) is 10.9 Å². The maximum absolute atomic E-state index is 13.0. The fourth-order valence-corrected chi connectivity index (χ4v) is 3.02. The molecule has 0 saturated carbocycles. The first-order valence-electron chi connectivity index (χ1n) is 7.31. The quantitative estimate of drug-likeness (QED) is 0.176. The summed E-state index contributed by atoms with van der Waals surface area (Å²) in [6.07, 6.45) is 0. The van der Waals surface area contributed by atoms with Crippen molar-refractivity contribution in [1.82, 2.24) is 14.9 Å². The molecule has 1 aromatic carbocycles. The minimum absolute atomic E-state index is 0.0638. The Morgan fingerprint density at radius 3 is 2.44 bits per heavy atom. The van der Waals surface area contributed by atoms with E-state index >= 15 is 0 Å². The molecule has 2 atom stereocenters. The molecule has 2 unspecified atom stereocenters. The summed E-state index contributed by atoms with van der Waals surface area (Å²) in [4.78, 5) is 41.3. The van der Waals surface area contributed by atoms with Crippen LogP contribution in [0.2, 0.25) is 0 Å². The van der Waals surface area contributed by atoms with Crippen LogP contribution in [0.25, 0.3) is 10.9 Å². The first-order valence-corrected chi connectivity index (χ1v) is 7.31. The number of nitrogens with zero attached hydrogens (tertiary/aromatic N) is 2. The third-order valence-corrected chi connectivity index (χ3v) is 4.28. The van der Waals surface area contributed by atoms with E-state index in [1.807, 2.05) is 0 Å². The van der Waals surface area contributed by atoms with Crippen molar-refractivity contribution in [3.05, 3.63) is 28.3 Å². The number of nitrogens with two attached hydrogens (primary N) is 5. The molecule has 0 radical (unpaired) electrons. The number of anilines is 2. The smallest absolute Gasteiger partial charge is 0.264 e. The Hall–Kier alpha value is -3.02. The Morgan fingerprint density at radius 1 is 1.16 bits per heavy atom. The number of fused-ring (bicyclic) bond motifs is 1. The fraction of sp³-hybridized carbons (Fsp3) is 0.286. The maximum Gasteiger partial charge on any atom is 0.264 e. The van der Waals surface area contributed by atoms with E-state index < -0.39 is 35.1 Å². The molecule has 1 fully saturated rings. The van der Waals surface area contributed by atoms with E-state index in [2.05, 4.69) is 10.3 Å². The highest BCUT2D eigenvalue weighted by molar-refractivity contribution is 6.04. The zero-order chi connectivity index (χ0) is 18.7. The predicted octanol–water partition coefficient (Wildman–Crippen LogP) is -2.99. The largest absolute Gasteiger partial charge is 0.399 e. The number of carbonyl (C=O) groups is 2. The second-order valence-electron chi connectivity index (χ2n) is 6.07. The summed E-state index contributed by atoms with van der Waals surface area (Å²) in [6, 6.07) is 0.0422. The molecule has 3 rings (SSSR count). The molecule has 0 bridgehead atoms. The molecule has 25 heavy (non-hydrogen) atoms. The zero-order valence-electron chi connectivity index (χ0n) is 13.3. The Balaban J connectivity index is 2.34. The number of hydrogen-bond donors (Lipinski definition) is 6. The van der Waals surface area contributed by atoms with Gasteiger partial charge in [0.2, 0.25) is 5.91 Å². The molecule has 0 spiro atoms. The topological polar surface area (TPSA) is 211 Å². The lowest BCUT2D eigenvalue weighted by molar-refractivity contribution is -0.140. The fourth-order valence-electron chi connectivity index (χ4n) is 3.02. The number of aromatic nitrogens is 2. The number of nitrogen functional groups attached to an aromatic ring is 2. The van der Waals surface area contributed by atoms with Gasteiger partial charge in [-0.25, -0.2) is 4.98 Å². The van der Waals surface area contributed by atoms with Gasteiger partial charge >= 0.3 is 0 Å². The van der Waals surface area contributed by atoms with E-state index in [0.29, 0.717) is 5.69 Å². The van der Waals surface area contributed by atoms with Crippen LogP contribution in [-0.4, -0.2) is 33.1 Å². The molecule has 132 valence electrons. The molecule has 1 aliphatic rings. The standard InChI is InChI=1S/C14H18N8O3/c1-4-20-7-3-5(15)2-6(16)8(7)13(25)22(4)10-12(24)21-11(23)9(17)14(10,18)19/h2-3,9-10H,15-19H2,1H3,(H,21,23,24). The van der Waals surface area contributed by atoms with Gasteiger partial charge in [0.25, 0.3) is 11.5 Å². The lowest BCUT2D eigenvalue weighted by atomic mass is 9.88. The maximum atomic E-state index is 13.0.